The van der Waals surface area contributed by atoms with Gasteiger partial charge in [0.15, 0.2) is 0 Å². The minimum Gasteiger partial charge on any atom is -0.366 e. The number of fused-ring (bicyclic) bond motifs is 1. The fraction of sp³-hybridized carbons (Fsp3) is 0.300. The van der Waals surface area contributed by atoms with Crippen molar-refractivity contribution in [2.45, 2.75) is 31.7 Å². The number of nitrogens with two attached hydrogens (primary N) is 1. The maximum Gasteiger partial charge on any atom is 0.325 e. The minimum absolute atomic E-state index is 0.184. The van der Waals surface area contributed by atoms with E-state index in [2.05, 4.69) is 10.6 Å². The van der Waals surface area contributed by atoms with Gasteiger partial charge in [-0.25, -0.2) is 4.79 Å². The molecule has 1 atom stereocenters. The average molecular weight is 412 g/mol. The Bertz CT molecular complexity index is 1050. The molecule has 0 saturated carbocycles. The van der Waals surface area contributed by atoms with Crippen molar-refractivity contribution in [2.75, 3.05) is 11.9 Å². The number of anilines is 1. The van der Waals surface area contributed by atoms with E-state index in [-0.39, 0.29) is 10.6 Å². The van der Waals surface area contributed by atoms with E-state index in [0.717, 1.165) is 35.5 Å². The van der Waals surface area contributed by atoms with E-state index in [1.165, 1.54) is 17.2 Å². The fourth-order valence-electron chi connectivity index (χ4n) is 3.83. The summed E-state index contributed by atoms with van der Waals surface area (Å²) in [5, 5.41) is 7.17. The molecule has 1 saturated heterocycles. The quantitative estimate of drug-likeness (QED) is 0.648. The number of urea groups is 1. The van der Waals surface area contributed by atoms with Gasteiger partial charge in [0.25, 0.3) is 11.8 Å². The van der Waals surface area contributed by atoms with Crippen LogP contribution in [0.15, 0.2) is 29.6 Å². The van der Waals surface area contributed by atoms with Crippen LogP contribution in [-0.4, -0.2) is 35.2 Å². The highest BCUT2D eigenvalue weighted by Gasteiger charge is 2.49. The van der Waals surface area contributed by atoms with Gasteiger partial charge in [0.1, 0.15) is 17.1 Å². The molecule has 8 nitrogen and oxygen atoms in total. The number of nitrogens with one attached hydrogen (secondary N) is 2. The summed E-state index contributed by atoms with van der Waals surface area (Å²) in [7, 11) is 0. The zero-order valence-electron chi connectivity index (χ0n) is 15.8. The van der Waals surface area contributed by atoms with Crippen molar-refractivity contribution < 1.29 is 19.2 Å². The van der Waals surface area contributed by atoms with E-state index < -0.39 is 35.8 Å². The van der Waals surface area contributed by atoms with Crippen molar-refractivity contribution in [3.8, 4) is 0 Å². The molecule has 150 valence electrons. The zero-order chi connectivity index (χ0) is 20.8. The van der Waals surface area contributed by atoms with Gasteiger partial charge in [-0.3, -0.25) is 19.3 Å². The second kappa shape index (κ2) is 7.00. The van der Waals surface area contributed by atoms with Crippen LogP contribution < -0.4 is 16.4 Å². The number of benzene rings is 1. The number of carbonyl (C=O) groups excluding carboxylic acids is 4. The molecule has 1 aromatic heterocycles. The van der Waals surface area contributed by atoms with Crippen LogP contribution in [0.25, 0.3) is 0 Å². The monoisotopic (exact) mass is 412 g/mol. The summed E-state index contributed by atoms with van der Waals surface area (Å²) in [6.45, 7) is 1.19. The maximum atomic E-state index is 13.0. The summed E-state index contributed by atoms with van der Waals surface area (Å²) in [6, 6.07) is 6.70. The number of hydrogen-bond donors (Lipinski definition) is 3. The Kier molecular flexibility index (Phi) is 4.62. The van der Waals surface area contributed by atoms with E-state index >= 15 is 0 Å². The number of thiophene rings is 1. The Hall–Kier alpha value is -3.20. The molecule has 2 heterocycles. The summed E-state index contributed by atoms with van der Waals surface area (Å²) in [5.41, 5.74) is 7.39. The van der Waals surface area contributed by atoms with Crippen molar-refractivity contribution in [3.63, 3.8) is 0 Å². The molecule has 4 rings (SSSR count). The summed E-state index contributed by atoms with van der Waals surface area (Å²) in [4.78, 5) is 50.2. The lowest BCUT2D eigenvalue weighted by molar-refractivity contribution is -0.133. The van der Waals surface area contributed by atoms with Crippen LogP contribution >= 0.6 is 11.3 Å². The Morgan fingerprint density at radius 3 is 2.76 bits per heavy atom. The van der Waals surface area contributed by atoms with Gasteiger partial charge in [-0.2, -0.15) is 0 Å². The standard InChI is InChI=1S/C20H20N4O4S/c1-20(13-6-5-11-3-2-4-12(11)9-13)18(27)24(19(28)23-20)10-15(25)22-17-14(16(21)26)7-8-29-17/h5-9H,2-4,10H2,1H3,(H2,21,26)(H,22,25)(H,23,28)/t20-/m1/s1. The van der Waals surface area contributed by atoms with Crippen LogP contribution in [0.3, 0.4) is 0 Å². The van der Waals surface area contributed by atoms with E-state index in [9.17, 15) is 19.2 Å². The zero-order valence-corrected chi connectivity index (χ0v) is 16.6. The topological polar surface area (TPSA) is 122 Å². The van der Waals surface area contributed by atoms with Gasteiger partial charge in [-0.15, -0.1) is 11.3 Å². The number of carbonyl (C=O) groups is 4. The third-order valence-electron chi connectivity index (χ3n) is 5.44. The molecule has 1 aromatic carbocycles. The molecule has 0 spiro atoms. The third-order valence-corrected chi connectivity index (χ3v) is 6.27. The molecule has 9 heteroatoms. The van der Waals surface area contributed by atoms with E-state index in [1.54, 1.807) is 12.3 Å². The van der Waals surface area contributed by atoms with Gasteiger partial charge in [-0.1, -0.05) is 18.2 Å². The first-order valence-electron chi connectivity index (χ1n) is 9.23. The second-order valence-corrected chi connectivity index (χ2v) is 8.28. The Morgan fingerprint density at radius 2 is 2.00 bits per heavy atom. The van der Waals surface area contributed by atoms with Gasteiger partial charge in [0.05, 0.1) is 5.56 Å². The Morgan fingerprint density at radius 1 is 1.24 bits per heavy atom. The highest BCUT2D eigenvalue weighted by molar-refractivity contribution is 7.14. The lowest BCUT2D eigenvalue weighted by Gasteiger charge is -2.23. The summed E-state index contributed by atoms with van der Waals surface area (Å²) in [5.74, 6) is -1.74. The van der Waals surface area contributed by atoms with E-state index in [0.29, 0.717) is 5.56 Å². The molecular weight excluding hydrogens is 392 g/mol. The van der Waals surface area contributed by atoms with Crippen molar-refractivity contribution in [3.05, 3.63) is 51.9 Å². The number of aryl methyl sites for hydroxylation is 2. The van der Waals surface area contributed by atoms with Crippen LogP contribution in [0.1, 0.15) is 40.4 Å². The number of imide groups is 1. The van der Waals surface area contributed by atoms with Gasteiger partial charge >= 0.3 is 6.03 Å². The molecule has 0 unspecified atom stereocenters. The normalized spacial score (nSPS) is 20.5. The average Bonchev–Trinajstić information content (AvgIpc) is 3.37. The van der Waals surface area contributed by atoms with Crippen LogP contribution in [0, 0.1) is 0 Å². The SMILES string of the molecule is C[C@]1(c2ccc3c(c2)CCC3)NC(=O)N(CC(=O)Nc2sccc2C(N)=O)C1=O. The molecule has 0 radical (unpaired) electrons. The highest BCUT2D eigenvalue weighted by atomic mass is 32.1. The predicted molar refractivity (Wildman–Crippen MR) is 108 cm³/mol. The van der Waals surface area contributed by atoms with Crippen molar-refractivity contribution in [1.82, 2.24) is 10.2 Å². The van der Waals surface area contributed by atoms with Crippen molar-refractivity contribution in [2.24, 2.45) is 5.73 Å². The first-order valence-corrected chi connectivity index (χ1v) is 10.1. The first kappa shape index (κ1) is 19.1. The number of nitrogens with zero attached hydrogens (tertiary/aromatic N) is 1. The van der Waals surface area contributed by atoms with Crippen molar-refractivity contribution >= 4 is 40.1 Å². The molecule has 4 N–H and O–H groups in total. The number of hydrogen-bond acceptors (Lipinski definition) is 5. The predicted octanol–water partition coefficient (Wildman–Crippen LogP) is 1.74. The molecule has 1 aliphatic heterocycles. The Labute approximate surface area is 171 Å². The molecule has 2 aromatic rings. The lowest BCUT2D eigenvalue weighted by Crippen LogP contribution is -2.42. The smallest absolute Gasteiger partial charge is 0.325 e. The van der Waals surface area contributed by atoms with E-state index in [4.69, 9.17) is 5.73 Å². The van der Waals surface area contributed by atoms with Gasteiger partial charge in [0, 0.05) is 0 Å². The van der Waals surface area contributed by atoms with Crippen LogP contribution in [0.4, 0.5) is 9.80 Å². The van der Waals surface area contributed by atoms with Gasteiger partial charge < -0.3 is 16.4 Å². The lowest BCUT2D eigenvalue weighted by atomic mass is 9.89. The molecular formula is C20H20N4O4S. The number of rotatable bonds is 5. The van der Waals surface area contributed by atoms with Gasteiger partial charge in [-0.05, 0) is 54.3 Å². The number of amides is 5. The largest absolute Gasteiger partial charge is 0.366 e. The first-order chi connectivity index (χ1) is 13.8. The number of primary amides is 1. The summed E-state index contributed by atoms with van der Waals surface area (Å²) < 4.78 is 0. The molecule has 1 aliphatic carbocycles. The van der Waals surface area contributed by atoms with Crippen molar-refractivity contribution in [1.29, 1.82) is 0 Å². The van der Waals surface area contributed by atoms with Crippen LogP contribution in [0.2, 0.25) is 0 Å². The second-order valence-electron chi connectivity index (χ2n) is 7.36. The molecule has 29 heavy (non-hydrogen) atoms. The van der Waals surface area contributed by atoms with Crippen LogP contribution in [-0.2, 0) is 28.0 Å². The third kappa shape index (κ3) is 3.27. The van der Waals surface area contributed by atoms with E-state index in [1.807, 2.05) is 18.2 Å². The molecule has 2 aliphatic rings. The maximum absolute atomic E-state index is 13.0. The van der Waals surface area contributed by atoms with Gasteiger partial charge in [0.2, 0.25) is 5.91 Å². The highest BCUT2D eigenvalue weighted by Crippen LogP contribution is 2.32. The fourth-order valence-corrected chi connectivity index (χ4v) is 4.64. The Balaban J connectivity index is 1.51. The van der Waals surface area contributed by atoms with Crippen LogP contribution in [0.5, 0.6) is 0 Å². The summed E-state index contributed by atoms with van der Waals surface area (Å²) in [6.07, 6.45) is 3.06. The molecule has 1 fully saturated rings. The molecule has 0 bridgehead atoms. The minimum atomic E-state index is -1.23. The molecule has 5 amide bonds. The summed E-state index contributed by atoms with van der Waals surface area (Å²) >= 11 is 1.14.